The van der Waals surface area contributed by atoms with Crippen molar-refractivity contribution in [3.63, 3.8) is 0 Å². The summed E-state index contributed by atoms with van der Waals surface area (Å²) in [6.07, 6.45) is 1.71. The standard InChI is InChI=1S/C13H15BrClNO2/c1-18-12-8-9(14)2-3-11(12)13(17)16-6-4-10(15)5-7-16/h2-3,8,10H,4-7H2,1H3. The van der Waals surface area contributed by atoms with Crippen LogP contribution in [0.3, 0.4) is 0 Å². The van der Waals surface area contributed by atoms with Crippen LogP contribution in [-0.2, 0) is 0 Å². The van der Waals surface area contributed by atoms with Crippen molar-refractivity contribution < 1.29 is 9.53 Å². The quantitative estimate of drug-likeness (QED) is 0.778. The maximum Gasteiger partial charge on any atom is 0.257 e. The monoisotopic (exact) mass is 331 g/mol. The van der Waals surface area contributed by atoms with E-state index in [0.29, 0.717) is 24.4 Å². The van der Waals surface area contributed by atoms with Crippen molar-refractivity contribution in [2.24, 2.45) is 0 Å². The number of benzene rings is 1. The van der Waals surface area contributed by atoms with Crippen LogP contribution < -0.4 is 4.74 Å². The fourth-order valence-electron chi connectivity index (χ4n) is 2.06. The highest BCUT2D eigenvalue weighted by molar-refractivity contribution is 9.10. The largest absolute Gasteiger partial charge is 0.496 e. The summed E-state index contributed by atoms with van der Waals surface area (Å²) < 4.78 is 6.15. The number of carbonyl (C=O) groups is 1. The molecule has 0 unspecified atom stereocenters. The molecule has 1 aromatic rings. The summed E-state index contributed by atoms with van der Waals surface area (Å²) in [5.41, 5.74) is 0.605. The van der Waals surface area contributed by atoms with E-state index >= 15 is 0 Å². The number of piperidine rings is 1. The molecule has 1 fully saturated rings. The molecule has 0 radical (unpaired) electrons. The van der Waals surface area contributed by atoms with Crippen LogP contribution in [0.15, 0.2) is 22.7 Å². The van der Waals surface area contributed by atoms with E-state index in [-0.39, 0.29) is 11.3 Å². The minimum atomic E-state index is 0.0166. The molecule has 98 valence electrons. The van der Waals surface area contributed by atoms with Gasteiger partial charge in [-0.1, -0.05) is 15.9 Å². The number of likely N-dealkylation sites (tertiary alicyclic amines) is 1. The highest BCUT2D eigenvalue weighted by Gasteiger charge is 2.24. The molecule has 0 aliphatic carbocycles. The van der Waals surface area contributed by atoms with Gasteiger partial charge >= 0.3 is 0 Å². The molecule has 1 amide bonds. The number of nitrogens with zero attached hydrogens (tertiary/aromatic N) is 1. The van der Waals surface area contributed by atoms with Gasteiger partial charge in [-0.15, -0.1) is 11.6 Å². The Morgan fingerprint density at radius 2 is 2.11 bits per heavy atom. The predicted molar refractivity (Wildman–Crippen MR) is 75.5 cm³/mol. The summed E-state index contributed by atoms with van der Waals surface area (Å²) in [6.45, 7) is 1.43. The van der Waals surface area contributed by atoms with Gasteiger partial charge in [0.2, 0.25) is 0 Å². The van der Waals surface area contributed by atoms with Crippen molar-refractivity contribution in [1.82, 2.24) is 4.90 Å². The van der Waals surface area contributed by atoms with Gasteiger partial charge in [0.25, 0.3) is 5.91 Å². The highest BCUT2D eigenvalue weighted by atomic mass is 79.9. The van der Waals surface area contributed by atoms with Gasteiger partial charge in [0.15, 0.2) is 0 Å². The Bertz CT molecular complexity index is 445. The Labute approximate surface area is 120 Å². The molecule has 5 heteroatoms. The van der Waals surface area contributed by atoms with E-state index in [0.717, 1.165) is 17.3 Å². The first-order chi connectivity index (χ1) is 8.61. The van der Waals surface area contributed by atoms with Gasteiger partial charge < -0.3 is 9.64 Å². The number of hydrogen-bond donors (Lipinski definition) is 0. The van der Waals surface area contributed by atoms with Crippen LogP contribution in [0.4, 0.5) is 0 Å². The van der Waals surface area contributed by atoms with Crippen molar-refractivity contribution in [3.05, 3.63) is 28.2 Å². The molecule has 1 aliphatic rings. The van der Waals surface area contributed by atoms with E-state index in [1.165, 1.54) is 0 Å². The fraction of sp³-hybridized carbons (Fsp3) is 0.462. The van der Waals surface area contributed by atoms with Crippen LogP contribution >= 0.6 is 27.5 Å². The molecule has 0 spiro atoms. The molecule has 18 heavy (non-hydrogen) atoms. The molecule has 0 atom stereocenters. The van der Waals surface area contributed by atoms with E-state index in [2.05, 4.69) is 15.9 Å². The lowest BCUT2D eigenvalue weighted by Crippen LogP contribution is -2.38. The molecule has 0 aromatic heterocycles. The lowest BCUT2D eigenvalue weighted by molar-refractivity contribution is 0.0723. The van der Waals surface area contributed by atoms with Crippen molar-refractivity contribution in [2.45, 2.75) is 18.2 Å². The normalized spacial score (nSPS) is 16.7. The fourth-order valence-corrected chi connectivity index (χ4v) is 2.60. The summed E-state index contributed by atoms with van der Waals surface area (Å²) in [7, 11) is 1.57. The number of rotatable bonds is 2. The van der Waals surface area contributed by atoms with Crippen molar-refractivity contribution in [3.8, 4) is 5.75 Å². The first-order valence-electron chi connectivity index (χ1n) is 5.88. The Balaban J connectivity index is 2.18. The van der Waals surface area contributed by atoms with Gasteiger partial charge in [-0.25, -0.2) is 0 Å². The SMILES string of the molecule is COc1cc(Br)ccc1C(=O)N1CCC(Cl)CC1. The number of halogens is 2. The molecular formula is C13H15BrClNO2. The van der Waals surface area contributed by atoms with Crippen LogP contribution in [0.1, 0.15) is 23.2 Å². The summed E-state index contributed by atoms with van der Waals surface area (Å²) in [5.74, 6) is 0.616. The molecular weight excluding hydrogens is 318 g/mol. The van der Waals surface area contributed by atoms with E-state index in [1.54, 1.807) is 13.2 Å². The van der Waals surface area contributed by atoms with Crippen LogP contribution in [-0.4, -0.2) is 36.4 Å². The maximum atomic E-state index is 12.4. The lowest BCUT2D eigenvalue weighted by atomic mass is 10.1. The Kier molecular flexibility index (Phi) is 4.51. The molecule has 3 nitrogen and oxygen atoms in total. The number of carbonyl (C=O) groups excluding carboxylic acids is 1. The van der Waals surface area contributed by atoms with Crippen molar-refractivity contribution >= 4 is 33.4 Å². The van der Waals surface area contributed by atoms with E-state index in [9.17, 15) is 4.79 Å². The molecule has 1 heterocycles. The average molecular weight is 333 g/mol. The molecule has 0 bridgehead atoms. The second-order valence-electron chi connectivity index (χ2n) is 4.31. The molecule has 2 rings (SSSR count). The third-order valence-electron chi connectivity index (χ3n) is 3.11. The van der Waals surface area contributed by atoms with Gasteiger partial charge in [-0.3, -0.25) is 4.79 Å². The van der Waals surface area contributed by atoms with E-state index in [1.807, 2.05) is 17.0 Å². The summed E-state index contributed by atoms with van der Waals surface area (Å²) in [4.78, 5) is 14.2. The minimum Gasteiger partial charge on any atom is -0.496 e. The molecule has 0 N–H and O–H groups in total. The topological polar surface area (TPSA) is 29.5 Å². The third-order valence-corrected chi connectivity index (χ3v) is 4.04. The van der Waals surface area contributed by atoms with Gasteiger partial charge in [-0.05, 0) is 31.0 Å². The zero-order chi connectivity index (χ0) is 13.1. The van der Waals surface area contributed by atoms with E-state index < -0.39 is 0 Å². The first kappa shape index (κ1) is 13.7. The van der Waals surface area contributed by atoms with Gasteiger partial charge in [-0.2, -0.15) is 0 Å². The molecule has 1 aromatic carbocycles. The number of alkyl halides is 1. The average Bonchev–Trinajstić information content (AvgIpc) is 2.38. The second kappa shape index (κ2) is 5.93. The highest BCUT2D eigenvalue weighted by Crippen LogP contribution is 2.26. The summed E-state index contributed by atoms with van der Waals surface area (Å²) >= 11 is 9.41. The van der Waals surface area contributed by atoms with Crippen molar-refractivity contribution in [1.29, 1.82) is 0 Å². The minimum absolute atomic E-state index is 0.0166. The van der Waals surface area contributed by atoms with E-state index in [4.69, 9.17) is 16.3 Å². The zero-order valence-electron chi connectivity index (χ0n) is 10.2. The van der Waals surface area contributed by atoms with Gasteiger partial charge in [0, 0.05) is 22.9 Å². The Morgan fingerprint density at radius 1 is 1.44 bits per heavy atom. The Morgan fingerprint density at radius 3 is 2.72 bits per heavy atom. The van der Waals surface area contributed by atoms with Gasteiger partial charge in [0.1, 0.15) is 5.75 Å². The Hall–Kier alpha value is -0.740. The van der Waals surface area contributed by atoms with Crippen LogP contribution in [0.2, 0.25) is 0 Å². The number of hydrogen-bond acceptors (Lipinski definition) is 2. The third kappa shape index (κ3) is 2.98. The maximum absolute atomic E-state index is 12.4. The van der Waals surface area contributed by atoms with Crippen LogP contribution in [0, 0.1) is 0 Å². The summed E-state index contributed by atoms with van der Waals surface area (Å²) in [6, 6.07) is 5.45. The summed E-state index contributed by atoms with van der Waals surface area (Å²) in [5, 5.41) is 0.195. The molecule has 0 saturated carbocycles. The number of amides is 1. The first-order valence-corrected chi connectivity index (χ1v) is 7.11. The number of ether oxygens (including phenoxy) is 1. The number of methoxy groups -OCH3 is 1. The van der Waals surface area contributed by atoms with Crippen molar-refractivity contribution in [2.75, 3.05) is 20.2 Å². The van der Waals surface area contributed by atoms with Crippen LogP contribution in [0.25, 0.3) is 0 Å². The van der Waals surface area contributed by atoms with Gasteiger partial charge in [0.05, 0.1) is 12.7 Å². The smallest absolute Gasteiger partial charge is 0.257 e. The predicted octanol–water partition coefficient (Wildman–Crippen LogP) is 3.30. The van der Waals surface area contributed by atoms with Crippen LogP contribution in [0.5, 0.6) is 5.75 Å². The molecule has 1 aliphatic heterocycles. The molecule has 1 saturated heterocycles. The zero-order valence-corrected chi connectivity index (χ0v) is 12.5. The second-order valence-corrected chi connectivity index (χ2v) is 5.84. The lowest BCUT2D eigenvalue weighted by Gasteiger charge is -2.29.